The summed E-state index contributed by atoms with van der Waals surface area (Å²) >= 11 is 0. The topological polar surface area (TPSA) is 53.5 Å². The van der Waals surface area contributed by atoms with Crippen molar-refractivity contribution in [3.63, 3.8) is 0 Å². The van der Waals surface area contributed by atoms with E-state index in [0.29, 0.717) is 5.95 Å². The molecule has 0 bridgehead atoms. The molecule has 0 spiro atoms. The first-order valence-corrected chi connectivity index (χ1v) is 18.1. The lowest BCUT2D eigenvalue weighted by atomic mass is 9.99. The molecule has 0 N–H and O–H groups in total. The molecule has 250 valence electrons. The van der Waals surface area contributed by atoms with Crippen molar-refractivity contribution in [2.45, 2.75) is 12.8 Å². The molecule has 0 unspecified atom stereocenters. The Labute approximate surface area is 305 Å². The molecule has 10 aromatic rings. The highest BCUT2D eigenvalue weighted by Crippen LogP contribution is 2.44. The first-order chi connectivity index (χ1) is 26.3. The fraction of sp³-hybridized carbons (Fsp3) is 0.0426. The summed E-state index contributed by atoms with van der Waals surface area (Å²) in [5.41, 5.74) is 11.4. The molecular formula is C47H32N6. The van der Waals surface area contributed by atoms with Gasteiger partial charge in [-0.2, -0.15) is 0 Å². The van der Waals surface area contributed by atoms with Crippen molar-refractivity contribution in [1.82, 2.24) is 28.7 Å². The van der Waals surface area contributed by atoms with Crippen molar-refractivity contribution in [2.75, 3.05) is 0 Å². The van der Waals surface area contributed by atoms with Crippen molar-refractivity contribution < 1.29 is 0 Å². The number of hydrogen-bond acceptors (Lipinski definition) is 3. The normalized spacial score (nSPS) is 13.2. The van der Waals surface area contributed by atoms with Crippen LogP contribution < -0.4 is 0 Å². The van der Waals surface area contributed by atoms with Crippen LogP contribution in [0, 0.1) is 0 Å². The summed E-state index contributed by atoms with van der Waals surface area (Å²) in [5.74, 6) is 1.54. The standard InChI is InChI=1S/C47H32N6/c1-5-17-31(18-6-1)42-37-26-13-15-27-38(37)48-47(49-42)53-39-28-16-14-25-35(39)36-29-30-40-41(43(36)53)44-46(51(40)33-21-9-3-10-22-33)50-45(32-19-7-2-8-20-32)52(44)34-23-11-4-12-24-34/h1-5,7-17,19-30H,6,18H2. The second-order valence-electron chi connectivity index (χ2n) is 13.6. The molecule has 0 radical (unpaired) electrons. The predicted molar refractivity (Wildman–Crippen MR) is 217 cm³/mol. The highest BCUT2D eigenvalue weighted by Gasteiger charge is 2.28. The van der Waals surface area contributed by atoms with E-state index < -0.39 is 0 Å². The van der Waals surface area contributed by atoms with E-state index >= 15 is 0 Å². The van der Waals surface area contributed by atoms with Gasteiger partial charge in [0.2, 0.25) is 5.95 Å². The second kappa shape index (κ2) is 11.8. The molecule has 0 fully saturated rings. The Morgan fingerprint density at radius 2 is 1.17 bits per heavy atom. The molecule has 6 heteroatoms. The first-order valence-electron chi connectivity index (χ1n) is 18.1. The molecule has 0 saturated carbocycles. The lowest BCUT2D eigenvalue weighted by Crippen LogP contribution is -2.06. The van der Waals surface area contributed by atoms with Crippen molar-refractivity contribution >= 4 is 60.3 Å². The molecule has 0 aliphatic heterocycles. The van der Waals surface area contributed by atoms with Crippen molar-refractivity contribution in [2.24, 2.45) is 0 Å². The van der Waals surface area contributed by atoms with E-state index in [-0.39, 0.29) is 0 Å². The van der Waals surface area contributed by atoms with Crippen LogP contribution in [0.3, 0.4) is 0 Å². The maximum Gasteiger partial charge on any atom is 0.235 e. The minimum Gasteiger partial charge on any atom is -0.292 e. The minimum absolute atomic E-state index is 0.655. The molecule has 6 aromatic carbocycles. The van der Waals surface area contributed by atoms with Gasteiger partial charge in [0.25, 0.3) is 0 Å². The maximum absolute atomic E-state index is 5.52. The molecule has 4 aromatic heterocycles. The van der Waals surface area contributed by atoms with Crippen LogP contribution in [0.15, 0.2) is 170 Å². The van der Waals surface area contributed by atoms with E-state index in [9.17, 15) is 0 Å². The SMILES string of the molecule is C1=CCCC(c2nc(-n3c4ccccc4c4ccc5c(c6c(nc(-c7ccccc7)n6-c6ccccc6)n5-c5ccccc5)c43)nc3ccccc23)=C1. The number of aromatic nitrogens is 6. The lowest BCUT2D eigenvalue weighted by Gasteiger charge is -2.15. The Hall–Kier alpha value is -7.05. The first kappa shape index (κ1) is 29.7. The zero-order valence-electron chi connectivity index (χ0n) is 28.8. The zero-order valence-corrected chi connectivity index (χ0v) is 28.8. The van der Waals surface area contributed by atoms with Crippen LogP contribution in [-0.4, -0.2) is 28.7 Å². The molecule has 1 aliphatic carbocycles. The van der Waals surface area contributed by atoms with Gasteiger partial charge < -0.3 is 0 Å². The van der Waals surface area contributed by atoms with E-state index in [1.54, 1.807) is 0 Å². The Morgan fingerprint density at radius 1 is 0.491 bits per heavy atom. The average Bonchev–Trinajstić information content (AvgIpc) is 3.89. The van der Waals surface area contributed by atoms with Gasteiger partial charge in [0.05, 0.1) is 33.1 Å². The van der Waals surface area contributed by atoms with Crippen LogP contribution in [0.1, 0.15) is 18.5 Å². The Kier molecular flexibility index (Phi) is 6.58. The quantitative estimate of drug-likeness (QED) is 0.182. The van der Waals surface area contributed by atoms with Crippen LogP contribution in [0.4, 0.5) is 0 Å². The summed E-state index contributed by atoms with van der Waals surface area (Å²) in [6, 6.07) is 53.2. The van der Waals surface area contributed by atoms with Crippen molar-refractivity contribution in [1.29, 1.82) is 0 Å². The Bertz CT molecular complexity index is 3090. The van der Waals surface area contributed by atoms with E-state index in [4.69, 9.17) is 15.0 Å². The van der Waals surface area contributed by atoms with Crippen molar-refractivity contribution in [3.8, 4) is 28.7 Å². The molecule has 4 heterocycles. The molecular weight excluding hydrogens is 649 g/mol. The van der Waals surface area contributed by atoms with Crippen LogP contribution in [0.2, 0.25) is 0 Å². The largest absolute Gasteiger partial charge is 0.292 e. The number of rotatable bonds is 5. The summed E-state index contributed by atoms with van der Waals surface area (Å²) in [5, 5.41) is 4.45. The van der Waals surface area contributed by atoms with Gasteiger partial charge in [-0.3, -0.25) is 13.7 Å². The van der Waals surface area contributed by atoms with E-state index in [0.717, 1.165) is 96.1 Å². The number of hydrogen-bond donors (Lipinski definition) is 0. The third kappa shape index (κ3) is 4.49. The fourth-order valence-electron chi connectivity index (χ4n) is 8.23. The van der Waals surface area contributed by atoms with E-state index in [2.05, 4.69) is 184 Å². The third-order valence-electron chi connectivity index (χ3n) is 10.5. The molecule has 53 heavy (non-hydrogen) atoms. The van der Waals surface area contributed by atoms with Crippen LogP contribution in [0.5, 0.6) is 0 Å². The number of imidazole rings is 1. The van der Waals surface area contributed by atoms with E-state index in [1.165, 1.54) is 5.57 Å². The predicted octanol–water partition coefficient (Wildman–Crippen LogP) is 11.4. The lowest BCUT2D eigenvalue weighted by molar-refractivity contribution is 0.984. The van der Waals surface area contributed by atoms with E-state index in [1.807, 2.05) is 0 Å². The molecule has 11 rings (SSSR count). The van der Waals surface area contributed by atoms with Crippen LogP contribution >= 0.6 is 0 Å². The number of benzene rings is 6. The highest BCUT2D eigenvalue weighted by atomic mass is 15.2. The van der Waals surface area contributed by atoms with Gasteiger partial charge >= 0.3 is 0 Å². The Morgan fingerprint density at radius 3 is 1.92 bits per heavy atom. The molecule has 0 atom stereocenters. The van der Waals surface area contributed by atoms with Crippen LogP contribution in [-0.2, 0) is 0 Å². The summed E-state index contributed by atoms with van der Waals surface area (Å²) in [6.45, 7) is 0. The maximum atomic E-state index is 5.52. The minimum atomic E-state index is 0.655. The number of allylic oxidation sites excluding steroid dienone is 4. The van der Waals surface area contributed by atoms with Gasteiger partial charge in [-0.05, 0) is 60.9 Å². The van der Waals surface area contributed by atoms with Gasteiger partial charge in [0, 0.05) is 33.1 Å². The van der Waals surface area contributed by atoms with Gasteiger partial charge in [0.15, 0.2) is 5.65 Å². The van der Waals surface area contributed by atoms with Gasteiger partial charge in [-0.15, -0.1) is 0 Å². The molecule has 0 amide bonds. The monoisotopic (exact) mass is 680 g/mol. The van der Waals surface area contributed by atoms with Gasteiger partial charge in [-0.1, -0.05) is 127 Å². The van der Waals surface area contributed by atoms with Crippen molar-refractivity contribution in [3.05, 3.63) is 176 Å². The van der Waals surface area contributed by atoms with Gasteiger partial charge in [0.1, 0.15) is 11.3 Å². The summed E-state index contributed by atoms with van der Waals surface area (Å²) < 4.78 is 6.94. The zero-order chi connectivity index (χ0) is 34.9. The van der Waals surface area contributed by atoms with Gasteiger partial charge in [-0.25, -0.2) is 15.0 Å². The Balaban J connectivity index is 1.36. The number of fused-ring (bicyclic) bond motifs is 8. The summed E-state index contributed by atoms with van der Waals surface area (Å²) in [6.07, 6.45) is 8.51. The number of nitrogens with zero attached hydrogens (tertiary/aromatic N) is 6. The summed E-state index contributed by atoms with van der Waals surface area (Å²) in [7, 11) is 0. The third-order valence-corrected chi connectivity index (χ3v) is 10.5. The fourth-order valence-corrected chi connectivity index (χ4v) is 8.23. The smallest absolute Gasteiger partial charge is 0.235 e. The van der Waals surface area contributed by atoms with Crippen LogP contribution in [0.25, 0.3) is 89.1 Å². The molecule has 6 nitrogen and oxygen atoms in total. The second-order valence-corrected chi connectivity index (χ2v) is 13.6. The highest BCUT2D eigenvalue weighted by molar-refractivity contribution is 6.25. The average molecular weight is 681 g/mol. The number of para-hydroxylation sites is 4. The summed E-state index contributed by atoms with van der Waals surface area (Å²) in [4.78, 5) is 16.3. The molecule has 0 saturated heterocycles. The molecule has 1 aliphatic rings.